The summed E-state index contributed by atoms with van der Waals surface area (Å²) in [5.74, 6) is 0.831. The van der Waals surface area contributed by atoms with Gasteiger partial charge in [-0.2, -0.15) is 0 Å². The van der Waals surface area contributed by atoms with Crippen molar-refractivity contribution in [3.8, 4) is 0 Å². The molecule has 0 saturated heterocycles. The number of aliphatic hydroxyl groups excluding tert-OH is 1. The predicted octanol–water partition coefficient (Wildman–Crippen LogP) is 5.56. The van der Waals surface area contributed by atoms with E-state index in [1.54, 1.807) is 11.3 Å². The second-order valence-corrected chi connectivity index (χ2v) is 7.68. The molecule has 1 aromatic heterocycles. The summed E-state index contributed by atoms with van der Waals surface area (Å²) in [5.41, 5.74) is 0. The minimum absolute atomic E-state index is 0.342. The molecule has 1 aromatic rings. The minimum Gasteiger partial charge on any atom is -0.388 e. The molecule has 96 valence electrons. The van der Waals surface area contributed by atoms with Crippen LogP contribution in [0.1, 0.15) is 55.9 Å². The smallest absolute Gasteiger partial charge is 0.0888 e. The molecule has 0 amide bonds. The Kier molecular flexibility index (Phi) is 5.34. The molecule has 0 spiro atoms. The zero-order valence-electron chi connectivity index (χ0n) is 9.79. The van der Waals surface area contributed by atoms with Crippen LogP contribution in [0.15, 0.2) is 9.85 Å². The molecule has 1 fully saturated rings. The average Bonchev–Trinajstić information content (AvgIpc) is 2.68. The van der Waals surface area contributed by atoms with Gasteiger partial charge in [-0.3, -0.25) is 0 Å². The molecule has 1 aliphatic carbocycles. The van der Waals surface area contributed by atoms with Gasteiger partial charge in [-0.25, -0.2) is 0 Å². The van der Waals surface area contributed by atoms with Crippen LogP contribution in [-0.4, -0.2) is 5.11 Å². The van der Waals surface area contributed by atoms with E-state index >= 15 is 0 Å². The number of hydrogen-bond acceptors (Lipinski definition) is 2. The van der Waals surface area contributed by atoms with Crippen LogP contribution in [0.2, 0.25) is 5.02 Å². The monoisotopic (exact) mass is 336 g/mol. The standard InChI is InChI=1S/C13H18BrClOS/c14-13-10(15)8-12(17-13)11(16)7-6-9-4-2-1-3-5-9/h8-9,11,16H,1-7H2. The molecule has 1 unspecified atom stereocenters. The van der Waals surface area contributed by atoms with E-state index in [0.29, 0.717) is 5.02 Å². The summed E-state index contributed by atoms with van der Waals surface area (Å²) >= 11 is 10.9. The Balaban J connectivity index is 1.82. The first-order valence-electron chi connectivity index (χ1n) is 6.29. The second-order valence-electron chi connectivity index (χ2n) is 4.87. The van der Waals surface area contributed by atoms with Crippen molar-refractivity contribution in [2.24, 2.45) is 5.92 Å². The summed E-state index contributed by atoms with van der Waals surface area (Å²) in [4.78, 5) is 0.984. The molecule has 1 heterocycles. The molecular formula is C13H18BrClOS. The molecule has 17 heavy (non-hydrogen) atoms. The first-order valence-corrected chi connectivity index (χ1v) is 8.28. The normalized spacial score (nSPS) is 19.5. The highest BCUT2D eigenvalue weighted by Crippen LogP contribution is 2.37. The average molecular weight is 338 g/mol. The number of halogens is 2. The van der Waals surface area contributed by atoms with Gasteiger partial charge in [0.05, 0.1) is 14.9 Å². The summed E-state index contributed by atoms with van der Waals surface area (Å²) in [5, 5.41) is 10.8. The Morgan fingerprint density at radius 2 is 2.12 bits per heavy atom. The van der Waals surface area contributed by atoms with Gasteiger partial charge in [0.2, 0.25) is 0 Å². The van der Waals surface area contributed by atoms with Crippen molar-refractivity contribution in [2.45, 2.75) is 51.0 Å². The van der Waals surface area contributed by atoms with Crippen molar-refractivity contribution in [3.05, 3.63) is 19.8 Å². The number of thiophene rings is 1. The maximum atomic E-state index is 10.1. The van der Waals surface area contributed by atoms with Gasteiger partial charge >= 0.3 is 0 Å². The molecule has 1 N–H and O–H groups in total. The zero-order chi connectivity index (χ0) is 12.3. The van der Waals surface area contributed by atoms with Gasteiger partial charge in [0.25, 0.3) is 0 Å². The van der Waals surface area contributed by atoms with E-state index in [1.807, 2.05) is 6.07 Å². The zero-order valence-corrected chi connectivity index (χ0v) is 13.0. The Morgan fingerprint density at radius 3 is 2.71 bits per heavy atom. The lowest BCUT2D eigenvalue weighted by Crippen LogP contribution is -2.08. The molecule has 4 heteroatoms. The van der Waals surface area contributed by atoms with Crippen LogP contribution in [0.25, 0.3) is 0 Å². The van der Waals surface area contributed by atoms with Crippen molar-refractivity contribution in [3.63, 3.8) is 0 Å². The Bertz CT molecular complexity index is 341. The molecule has 2 rings (SSSR count). The topological polar surface area (TPSA) is 20.2 Å². The highest BCUT2D eigenvalue weighted by molar-refractivity contribution is 9.11. The molecule has 1 atom stereocenters. The third kappa shape index (κ3) is 3.95. The Labute approximate surface area is 120 Å². The fraction of sp³-hybridized carbons (Fsp3) is 0.692. The number of aliphatic hydroxyl groups is 1. The van der Waals surface area contributed by atoms with Crippen molar-refractivity contribution in [2.75, 3.05) is 0 Å². The van der Waals surface area contributed by atoms with Gasteiger partial charge in [0, 0.05) is 4.88 Å². The largest absolute Gasteiger partial charge is 0.388 e. The molecule has 0 aromatic carbocycles. The van der Waals surface area contributed by atoms with Crippen LogP contribution < -0.4 is 0 Å². The van der Waals surface area contributed by atoms with Gasteiger partial charge in [-0.05, 0) is 40.8 Å². The van der Waals surface area contributed by atoms with E-state index in [-0.39, 0.29) is 6.10 Å². The van der Waals surface area contributed by atoms with Crippen molar-refractivity contribution >= 4 is 38.9 Å². The molecule has 0 aliphatic heterocycles. The van der Waals surface area contributed by atoms with E-state index in [9.17, 15) is 5.11 Å². The van der Waals surface area contributed by atoms with Gasteiger partial charge in [-0.1, -0.05) is 43.7 Å². The van der Waals surface area contributed by atoms with Crippen molar-refractivity contribution in [1.82, 2.24) is 0 Å². The first kappa shape index (κ1) is 13.9. The molecular weight excluding hydrogens is 320 g/mol. The van der Waals surface area contributed by atoms with Gasteiger partial charge in [0.15, 0.2) is 0 Å². The van der Waals surface area contributed by atoms with E-state index in [1.165, 1.54) is 32.1 Å². The van der Waals surface area contributed by atoms with Crippen molar-refractivity contribution in [1.29, 1.82) is 0 Å². The minimum atomic E-state index is -0.342. The molecule has 1 nitrogen and oxygen atoms in total. The maximum absolute atomic E-state index is 10.1. The molecule has 1 saturated carbocycles. The lowest BCUT2D eigenvalue weighted by atomic mass is 9.85. The Morgan fingerprint density at radius 1 is 1.41 bits per heavy atom. The maximum Gasteiger partial charge on any atom is 0.0888 e. The third-order valence-corrected chi connectivity index (χ3v) is 6.14. The predicted molar refractivity (Wildman–Crippen MR) is 77.8 cm³/mol. The van der Waals surface area contributed by atoms with Crippen LogP contribution in [0, 0.1) is 5.92 Å². The molecule has 1 aliphatic rings. The number of hydrogen-bond donors (Lipinski definition) is 1. The molecule has 0 radical (unpaired) electrons. The van der Waals surface area contributed by atoms with Gasteiger partial charge in [-0.15, -0.1) is 11.3 Å². The van der Waals surface area contributed by atoms with Gasteiger partial charge in [0.1, 0.15) is 0 Å². The fourth-order valence-corrected chi connectivity index (χ4v) is 4.31. The summed E-state index contributed by atoms with van der Waals surface area (Å²) < 4.78 is 0.922. The quantitative estimate of drug-likeness (QED) is 0.762. The summed E-state index contributed by atoms with van der Waals surface area (Å²) in [7, 11) is 0. The van der Waals surface area contributed by atoms with E-state index in [4.69, 9.17) is 11.6 Å². The Hall–Kier alpha value is 0.430. The number of rotatable bonds is 4. The summed E-state index contributed by atoms with van der Waals surface area (Å²) in [6, 6.07) is 1.88. The van der Waals surface area contributed by atoms with Crippen molar-refractivity contribution < 1.29 is 5.11 Å². The highest BCUT2D eigenvalue weighted by Gasteiger charge is 2.17. The van der Waals surface area contributed by atoms with E-state index < -0.39 is 0 Å². The first-order chi connectivity index (χ1) is 8.16. The lowest BCUT2D eigenvalue weighted by Gasteiger charge is -2.22. The van der Waals surface area contributed by atoms with Crippen LogP contribution in [-0.2, 0) is 0 Å². The fourth-order valence-electron chi connectivity index (χ4n) is 2.54. The van der Waals surface area contributed by atoms with Crippen LogP contribution in [0.3, 0.4) is 0 Å². The summed E-state index contributed by atoms with van der Waals surface area (Å²) in [6.45, 7) is 0. The summed E-state index contributed by atoms with van der Waals surface area (Å²) in [6.07, 6.45) is 8.51. The van der Waals surface area contributed by atoms with Crippen LogP contribution in [0.4, 0.5) is 0 Å². The SMILES string of the molecule is OC(CCC1CCCCC1)c1cc(Cl)c(Br)s1. The van der Waals surface area contributed by atoms with E-state index in [0.717, 1.165) is 27.4 Å². The third-order valence-electron chi connectivity index (χ3n) is 3.57. The highest BCUT2D eigenvalue weighted by atomic mass is 79.9. The van der Waals surface area contributed by atoms with Crippen LogP contribution >= 0.6 is 38.9 Å². The van der Waals surface area contributed by atoms with Crippen LogP contribution in [0.5, 0.6) is 0 Å². The molecule has 0 bridgehead atoms. The van der Waals surface area contributed by atoms with E-state index in [2.05, 4.69) is 15.9 Å². The lowest BCUT2D eigenvalue weighted by molar-refractivity contribution is 0.154. The second kappa shape index (κ2) is 6.55. The van der Waals surface area contributed by atoms with Gasteiger partial charge < -0.3 is 5.11 Å².